The molecule has 0 radical (unpaired) electrons. The summed E-state index contributed by atoms with van der Waals surface area (Å²) in [4.78, 5) is 0. The Morgan fingerprint density at radius 3 is 0.816 bits per heavy atom. The highest BCUT2D eigenvalue weighted by Gasteiger charge is 2.17. The second kappa shape index (κ2) is 7.24. The van der Waals surface area contributed by atoms with E-state index in [1.807, 2.05) is 0 Å². The Balaban J connectivity index is 1.82. The molecule has 6 aromatic carbocycles. The fourth-order valence-electron chi connectivity index (χ4n) is 6.77. The summed E-state index contributed by atoms with van der Waals surface area (Å²) >= 11 is 0. The molecule has 2 heteroatoms. The normalized spacial score (nSPS) is 12.2. The number of fused-ring (bicyclic) bond motifs is 12. The Bertz CT molecular complexity index is 2280. The first-order chi connectivity index (χ1) is 18.9. The van der Waals surface area contributed by atoms with Crippen molar-refractivity contribution in [3.63, 3.8) is 0 Å². The van der Waals surface area contributed by atoms with Gasteiger partial charge in [0.25, 0.3) is 0 Å². The van der Waals surface area contributed by atoms with Crippen LogP contribution in [-0.4, -0.2) is 8.80 Å². The largest absolute Gasteiger partial charge is 0.308 e. The van der Waals surface area contributed by atoms with Crippen molar-refractivity contribution in [2.75, 3.05) is 0 Å². The molecule has 0 unspecified atom stereocenters. The van der Waals surface area contributed by atoms with Crippen molar-refractivity contribution >= 4 is 76.2 Å². The van der Waals surface area contributed by atoms with Gasteiger partial charge in [-0.1, -0.05) is 109 Å². The van der Waals surface area contributed by atoms with E-state index in [0.717, 1.165) is 0 Å². The molecule has 0 amide bonds. The van der Waals surface area contributed by atoms with Gasteiger partial charge in [-0.15, -0.1) is 0 Å². The zero-order chi connectivity index (χ0) is 24.8. The summed E-state index contributed by atoms with van der Waals surface area (Å²) in [6.45, 7) is 0. The average molecular weight is 483 g/mol. The molecule has 0 aliphatic heterocycles. The van der Waals surface area contributed by atoms with Crippen LogP contribution >= 0.6 is 0 Å². The van der Waals surface area contributed by atoms with Gasteiger partial charge in [0.2, 0.25) is 0 Å². The van der Waals surface area contributed by atoms with Crippen LogP contribution in [0, 0.1) is 0 Å². The van der Waals surface area contributed by atoms with Crippen LogP contribution in [0.15, 0.2) is 133 Å². The lowest BCUT2D eigenvalue weighted by Crippen LogP contribution is -1.91. The molecule has 0 fully saturated rings. The lowest BCUT2D eigenvalue weighted by molar-refractivity contribution is 1.34. The topological polar surface area (TPSA) is 8.82 Å². The van der Waals surface area contributed by atoms with E-state index < -0.39 is 0 Å². The number of hydrogen-bond acceptors (Lipinski definition) is 0. The third-order valence-electron chi connectivity index (χ3n) is 8.26. The van der Waals surface area contributed by atoms with Gasteiger partial charge in [0.05, 0.1) is 33.1 Å². The molecule has 0 aliphatic carbocycles. The van der Waals surface area contributed by atoms with Gasteiger partial charge in [0.15, 0.2) is 0 Å². The fraction of sp³-hybridized carbons (Fsp3) is 0. The Hall–Kier alpha value is -5.08. The van der Waals surface area contributed by atoms with E-state index in [9.17, 15) is 0 Å². The van der Waals surface area contributed by atoms with E-state index in [2.05, 4.69) is 142 Å². The lowest BCUT2D eigenvalue weighted by Gasteiger charge is -2.10. The first-order valence-corrected chi connectivity index (χ1v) is 13.1. The second-order valence-electron chi connectivity index (χ2n) is 10.1. The number of aromatic nitrogens is 2. The minimum absolute atomic E-state index is 1.20. The minimum atomic E-state index is 1.20. The predicted molar refractivity (Wildman–Crippen MR) is 162 cm³/mol. The van der Waals surface area contributed by atoms with Crippen LogP contribution in [0.5, 0.6) is 0 Å². The van der Waals surface area contributed by atoms with E-state index in [0.29, 0.717) is 0 Å². The van der Waals surface area contributed by atoms with E-state index in [-0.39, 0.29) is 0 Å². The number of benzene rings is 6. The van der Waals surface area contributed by atoms with Gasteiger partial charge in [-0.2, -0.15) is 0 Å². The molecule has 176 valence electrons. The molecule has 3 heterocycles. The predicted octanol–water partition coefficient (Wildman–Crippen LogP) is 9.67. The highest BCUT2D eigenvalue weighted by molar-refractivity contribution is 6.25. The van der Waals surface area contributed by atoms with Gasteiger partial charge < -0.3 is 8.80 Å². The summed E-state index contributed by atoms with van der Waals surface area (Å²) in [5, 5.41) is 10.1. The van der Waals surface area contributed by atoms with Crippen molar-refractivity contribution in [3.05, 3.63) is 133 Å². The molecule has 0 N–H and O–H groups in total. The smallest absolute Gasteiger partial charge is 0.0620 e. The molecule has 0 saturated carbocycles. The molecular weight excluding hydrogens is 460 g/mol. The molecule has 9 rings (SSSR count). The Labute approximate surface area is 218 Å². The van der Waals surface area contributed by atoms with E-state index >= 15 is 0 Å². The lowest BCUT2D eigenvalue weighted by atomic mass is 10.0. The van der Waals surface area contributed by atoms with Crippen molar-refractivity contribution in [1.29, 1.82) is 0 Å². The van der Waals surface area contributed by atoms with Crippen LogP contribution in [0.25, 0.3) is 76.2 Å². The highest BCUT2D eigenvalue weighted by atomic mass is 14.9. The van der Waals surface area contributed by atoms with Crippen LogP contribution in [0.2, 0.25) is 0 Å². The molecular formula is C36H22N2. The fourth-order valence-corrected chi connectivity index (χ4v) is 6.77. The van der Waals surface area contributed by atoms with E-state index in [1.54, 1.807) is 0 Å². The van der Waals surface area contributed by atoms with Crippen molar-refractivity contribution in [2.24, 2.45) is 0 Å². The van der Waals surface area contributed by atoms with Crippen molar-refractivity contribution in [1.82, 2.24) is 8.80 Å². The summed E-state index contributed by atoms with van der Waals surface area (Å²) in [6, 6.07) is 48.9. The van der Waals surface area contributed by atoms with Crippen LogP contribution < -0.4 is 0 Å². The first-order valence-electron chi connectivity index (χ1n) is 13.1. The quantitative estimate of drug-likeness (QED) is 0.203. The third-order valence-corrected chi connectivity index (χ3v) is 8.26. The molecule has 0 atom stereocenters. The van der Waals surface area contributed by atoms with E-state index in [4.69, 9.17) is 0 Å². The summed E-state index contributed by atoms with van der Waals surface area (Å²) in [5.41, 5.74) is 7.37. The highest BCUT2D eigenvalue weighted by Crippen LogP contribution is 2.40. The maximum atomic E-state index is 2.49. The van der Waals surface area contributed by atoms with Crippen molar-refractivity contribution in [3.8, 4) is 0 Å². The maximum Gasteiger partial charge on any atom is 0.0620 e. The average Bonchev–Trinajstić information content (AvgIpc) is 3.50. The SMILES string of the molecule is c1ccc2c(c1)c1ccccc1n1c3ccccc3c3cccc(c4cccc5c6ccccc6n2c54)c31. The van der Waals surface area contributed by atoms with Gasteiger partial charge in [-0.3, -0.25) is 0 Å². The summed E-state index contributed by atoms with van der Waals surface area (Å²) in [7, 11) is 0. The zero-order valence-corrected chi connectivity index (χ0v) is 20.6. The van der Waals surface area contributed by atoms with Gasteiger partial charge in [0, 0.05) is 43.1 Å². The second-order valence-corrected chi connectivity index (χ2v) is 10.1. The molecule has 0 aliphatic rings. The number of hydrogen-bond donors (Lipinski definition) is 0. The zero-order valence-electron chi connectivity index (χ0n) is 20.6. The van der Waals surface area contributed by atoms with Crippen LogP contribution in [0.3, 0.4) is 0 Å². The van der Waals surface area contributed by atoms with Crippen molar-refractivity contribution < 1.29 is 0 Å². The molecule has 0 saturated heterocycles. The Kier molecular flexibility index (Phi) is 3.82. The van der Waals surface area contributed by atoms with E-state index in [1.165, 1.54) is 76.2 Å². The molecule has 0 bridgehead atoms. The first kappa shape index (κ1) is 20.0. The summed E-state index contributed by atoms with van der Waals surface area (Å²) in [6.07, 6.45) is 0. The molecule has 38 heavy (non-hydrogen) atoms. The van der Waals surface area contributed by atoms with Crippen molar-refractivity contribution in [2.45, 2.75) is 0 Å². The Morgan fingerprint density at radius 1 is 0.237 bits per heavy atom. The van der Waals surface area contributed by atoms with Crippen LogP contribution in [-0.2, 0) is 0 Å². The van der Waals surface area contributed by atoms with Gasteiger partial charge >= 0.3 is 0 Å². The molecule has 9 aromatic rings. The molecule has 3 aromatic heterocycles. The molecule has 2 nitrogen and oxygen atoms in total. The van der Waals surface area contributed by atoms with Gasteiger partial charge in [-0.25, -0.2) is 0 Å². The van der Waals surface area contributed by atoms with Gasteiger partial charge in [-0.05, 0) is 24.3 Å². The molecule has 0 spiro atoms. The summed E-state index contributed by atoms with van der Waals surface area (Å²) in [5.74, 6) is 0. The van der Waals surface area contributed by atoms with Gasteiger partial charge in [0.1, 0.15) is 0 Å². The Morgan fingerprint density at radius 2 is 0.474 bits per heavy atom. The number of nitrogens with zero attached hydrogens (tertiary/aromatic N) is 2. The third kappa shape index (κ3) is 2.42. The summed E-state index contributed by atoms with van der Waals surface area (Å²) < 4.78 is 4.98. The maximum absolute atomic E-state index is 2.49. The van der Waals surface area contributed by atoms with Crippen LogP contribution in [0.4, 0.5) is 0 Å². The minimum Gasteiger partial charge on any atom is -0.308 e. The number of para-hydroxylation sites is 6. The number of rotatable bonds is 0. The van der Waals surface area contributed by atoms with Crippen LogP contribution in [0.1, 0.15) is 0 Å². The standard InChI is InChI=1S/C36H22N2/c1-5-19-31-23(11-1)24-12-2-6-20-32(24)38-34-22-8-4-14-26(34)28-16-10-18-30(36(28)38)29-17-9-15-27-25-13-3-7-21-33(25)37(31)35(27)29/h1-22H. The monoisotopic (exact) mass is 482 g/mol.